The number of carbonyl (C=O) groups excluding carboxylic acids is 2. The predicted molar refractivity (Wildman–Crippen MR) is 144 cm³/mol. The Hall–Kier alpha value is -2.05. The first kappa shape index (κ1) is 29.2. The summed E-state index contributed by atoms with van der Waals surface area (Å²) in [4.78, 5) is 30.9. The Balaban J connectivity index is 2.45. The standard InChI is InChI=1S/C29H43NO4S/c1-17-11-10-12-18(2)21(5)22(6)28(33)29(8,9)25(31)15-26(32)34-27(19(3)13-17)20(4)14-24-16-35-23(7)30-24/h10-11,13-14,16,18-19,21-22,25,27,31H,12,15H2,1-9H3/b11-10+,17-13-,20-14+/t18-,19-,21-,22+,25-,27-/m0/s1. The van der Waals surface area contributed by atoms with Gasteiger partial charge in [0.15, 0.2) is 0 Å². The maximum Gasteiger partial charge on any atom is 0.309 e. The molecule has 0 saturated heterocycles. The van der Waals surface area contributed by atoms with Crippen molar-refractivity contribution in [1.29, 1.82) is 0 Å². The molecule has 0 radical (unpaired) electrons. The topological polar surface area (TPSA) is 76.5 Å². The monoisotopic (exact) mass is 501 g/mol. The zero-order valence-electron chi connectivity index (χ0n) is 22.8. The lowest BCUT2D eigenvalue weighted by Crippen LogP contribution is -2.44. The number of aromatic nitrogens is 1. The minimum absolute atomic E-state index is 0.0239. The molecule has 1 aromatic rings. The average molecular weight is 502 g/mol. The normalized spacial score (nSPS) is 34.1. The van der Waals surface area contributed by atoms with E-state index in [2.05, 4.69) is 37.1 Å². The molecule has 1 aliphatic rings. The van der Waals surface area contributed by atoms with Crippen LogP contribution in [0.4, 0.5) is 0 Å². The number of Topliss-reactive ketones (excluding diaryl/α,β-unsaturated/α-hetero) is 1. The Labute approximate surface area is 215 Å². The second kappa shape index (κ2) is 12.3. The SMILES string of the molecule is CC1=C/[C@H](C)[C@@H](/C(C)=C/c2csc(C)n2)OC(=O)C[C@H](O)C(C)(C)C(=O)[C@H](C)[C@@H](C)[C@@H](C)C\C=C\1. The molecule has 1 aliphatic heterocycles. The lowest BCUT2D eigenvalue weighted by atomic mass is 9.70. The molecule has 0 amide bonds. The minimum atomic E-state index is -1.13. The van der Waals surface area contributed by atoms with Gasteiger partial charge in [-0.25, -0.2) is 4.98 Å². The zero-order valence-corrected chi connectivity index (χ0v) is 23.6. The largest absolute Gasteiger partial charge is 0.457 e. The van der Waals surface area contributed by atoms with Crippen LogP contribution < -0.4 is 0 Å². The number of ether oxygens (including phenoxy) is 1. The van der Waals surface area contributed by atoms with Crippen molar-refractivity contribution in [2.24, 2.45) is 29.1 Å². The lowest BCUT2D eigenvalue weighted by Gasteiger charge is -2.35. The molecule has 35 heavy (non-hydrogen) atoms. The number of allylic oxidation sites excluding steroid dienone is 3. The van der Waals surface area contributed by atoms with E-state index < -0.39 is 23.6 Å². The molecule has 2 heterocycles. The van der Waals surface area contributed by atoms with Crippen LogP contribution in [0.25, 0.3) is 6.08 Å². The highest BCUT2D eigenvalue weighted by Gasteiger charge is 2.41. The Morgan fingerprint density at radius 3 is 2.46 bits per heavy atom. The first-order valence-electron chi connectivity index (χ1n) is 12.6. The average Bonchev–Trinajstić information content (AvgIpc) is 3.19. The van der Waals surface area contributed by atoms with Crippen LogP contribution in [0.3, 0.4) is 0 Å². The molecule has 6 heteroatoms. The van der Waals surface area contributed by atoms with Crippen molar-refractivity contribution in [2.45, 2.75) is 87.4 Å². The highest BCUT2D eigenvalue weighted by Crippen LogP contribution is 2.34. The molecule has 1 aromatic heterocycles. The lowest BCUT2D eigenvalue weighted by molar-refractivity contribution is -0.154. The summed E-state index contributed by atoms with van der Waals surface area (Å²) < 4.78 is 5.95. The van der Waals surface area contributed by atoms with E-state index in [4.69, 9.17) is 4.74 Å². The third-order valence-electron chi connectivity index (χ3n) is 7.54. The Morgan fingerprint density at radius 2 is 1.86 bits per heavy atom. The summed E-state index contributed by atoms with van der Waals surface area (Å²) in [6.07, 6.45) is 7.32. The van der Waals surface area contributed by atoms with Crippen LogP contribution in [0.5, 0.6) is 0 Å². The molecule has 0 fully saturated rings. The Bertz CT molecular complexity index is 987. The van der Waals surface area contributed by atoms with Crippen molar-refractivity contribution in [1.82, 2.24) is 4.98 Å². The number of aryl methyl sites for hydroxylation is 1. The van der Waals surface area contributed by atoms with Crippen LogP contribution in [-0.2, 0) is 14.3 Å². The number of aliphatic hydroxyl groups excluding tert-OH is 1. The van der Waals surface area contributed by atoms with Gasteiger partial charge in [-0.1, -0.05) is 65.3 Å². The van der Waals surface area contributed by atoms with Gasteiger partial charge in [-0.2, -0.15) is 0 Å². The van der Waals surface area contributed by atoms with Crippen molar-refractivity contribution < 1.29 is 19.4 Å². The van der Waals surface area contributed by atoms with E-state index in [1.54, 1.807) is 25.2 Å². The van der Waals surface area contributed by atoms with Gasteiger partial charge in [0.1, 0.15) is 11.9 Å². The molecule has 194 valence electrons. The fourth-order valence-electron chi connectivity index (χ4n) is 4.70. The third-order valence-corrected chi connectivity index (χ3v) is 8.33. The van der Waals surface area contributed by atoms with Crippen molar-refractivity contribution >= 4 is 29.2 Å². The van der Waals surface area contributed by atoms with Gasteiger partial charge in [-0.05, 0) is 50.7 Å². The Kier molecular flexibility index (Phi) is 10.2. The number of ketones is 1. The van der Waals surface area contributed by atoms with Crippen LogP contribution in [-0.4, -0.2) is 34.1 Å². The number of thiazole rings is 1. The highest BCUT2D eigenvalue weighted by molar-refractivity contribution is 7.09. The van der Waals surface area contributed by atoms with Gasteiger partial charge >= 0.3 is 5.97 Å². The van der Waals surface area contributed by atoms with E-state index in [-0.39, 0.29) is 30.0 Å². The molecule has 0 aromatic carbocycles. The van der Waals surface area contributed by atoms with Crippen LogP contribution in [0.2, 0.25) is 0 Å². The molecule has 0 spiro atoms. The number of hydrogen-bond acceptors (Lipinski definition) is 6. The van der Waals surface area contributed by atoms with E-state index in [9.17, 15) is 14.7 Å². The van der Waals surface area contributed by atoms with Gasteiger partial charge in [-0.15, -0.1) is 11.3 Å². The predicted octanol–water partition coefficient (Wildman–Crippen LogP) is 6.56. The van der Waals surface area contributed by atoms with Crippen LogP contribution in [0, 0.1) is 36.0 Å². The molecule has 6 atom stereocenters. The maximum absolute atomic E-state index is 13.4. The van der Waals surface area contributed by atoms with E-state index in [1.165, 1.54) is 0 Å². The van der Waals surface area contributed by atoms with Gasteiger partial charge in [0.25, 0.3) is 0 Å². The molecule has 0 unspecified atom stereocenters. The van der Waals surface area contributed by atoms with Crippen LogP contribution in [0.1, 0.15) is 78.9 Å². The molecule has 0 saturated carbocycles. The van der Waals surface area contributed by atoms with Gasteiger partial charge in [0.2, 0.25) is 0 Å². The molecule has 2 rings (SSSR count). The number of hydrogen-bond donors (Lipinski definition) is 1. The molecular formula is C29H43NO4S. The fraction of sp³-hybridized carbons (Fsp3) is 0.621. The number of nitrogens with zero attached hydrogens (tertiary/aromatic N) is 1. The number of cyclic esters (lactones) is 1. The molecule has 1 N–H and O–H groups in total. The van der Waals surface area contributed by atoms with Crippen molar-refractivity contribution in [3.8, 4) is 0 Å². The molecule has 0 aliphatic carbocycles. The maximum atomic E-state index is 13.4. The number of carbonyl (C=O) groups is 2. The first-order chi connectivity index (χ1) is 16.2. The highest BCUT2D eigenvalue weighted by atomic mass is 32.1. The summed E-state index contributed by atoms with van der Waals surface area (Å²) in [5, 5.41) is 13.9. The van der Waals surface area contributed by atoms with E-state index >= 15 is 0 Å². The van der Waals surface area contributed by atoms with Crippen molar-refractivity contribution in [3.63, 3.8) is 0 Å². The van der Waals surface area contributed by atoms with E-state index in [0.717, 1.165) is 28.3 Å². The third kappa shape index (κ3) is 7.71. The van der Waals surface area contributed by atoms with Crippen molar-refractivity contribution in [3.05, 3.63) is 45.5 Å². The van der Waals surface area contributed by atoms with E-state index in [0.29, 0.717) is 5.92 Å². The molecule has 0 bridgehead atoms. The summed E-state index contributed by atoms with van der Waals surface area (Å²) in [7, 11) is 0. The quantitative estimate of drug-likeness (QED) is 0.464. The minimum Gasteiger partial charge on any atom is -0.457 e. The summed E-state index contributed by atoms with van der Waals surface area (Å²) in [5.41, 5.74) is 1.75. The summed E-state index contributed by atoms with van der Waals surface area (Å²) in [5.74, 6) is -0.405. The van der Waals surface area contributed by atoms with Crippen LogP contribution >= 0.6 is 11.3 Å². The first-order valence-corrected chi connectivity index (χ1v) is 13.5. The summed E-state index contributed by atoms with van der Waals surface area (Å²) in [6.45, 7) is 17.6. The van der Waals surface area contributed by atoms with Gasteiger partial charge in [0.05, 0.1) is 28.6 Å². The van der Waals surface area contributed by atoms with Crippen molar-refractivity contribution in [2.75, 3.05) is 0 Å². The Morgan fingerprint density at radius 1 is 1.20 bits per heavy atom. The number of rotatable bonds is 2. The van der Waals surface area contributed by atoms with E-state index in [1.807, 2.05) is 46.1 Å². The second-order valence-corrected chi connectivity index (χ2v) is 12.0. The molecule has 5 nitrogen and oxygen atoms in total. The smallest absolute Gasteiger partial charge is 0.309 e. The fourth-order valence-corrected chi connectivity index (χ4v) is 5.27. The summed E-state index contributed by atoms with van der Waals surface area (Å²) in [6, 6.07) is 0. The van der Waals surface area contributed by atoms with Crippen LogP contribution in [0.15, 0.2) is 34.8 Å². The number of aliphatic hydroxyl groups is 1. The summed E-state index contributed by atoms with van der Waals surface area (Å²) >= 11 is 1.57. The van der Waals surface area contributed by atoms with Gasteiger partial charge in [-0.3, -0.25) is 9.59 Å². The van der Waals surface area contributed by atoms with Gasteiger partial charge < -0.3 is 9.84 Å². The number of esters is 1. The second-order valence-electron chi connectivity index (χ2n) is 10.9. The zero-order chi connectivity index (χ0) is 26.5. The molecular weight excluding hydrogens is 458 g/mol. The van der Waals surface area contributed by atoms with Gasteiger partial charge in [0, 0.05) is 17.2 Å².